The SMILES string of the molecule is COC(=O)c1sc(NN=c2cc(-c3ccc(OC)c(OC)c3)oc3cc(C)c(Cl)cc23)nc1C. The first-order chi connectivity index (χ1) is 16.3. The molecule has 0 saturated carbocycles. The number of carbonyl (C=O) groups excluding carboxylic acids is 1. The molecule has 0 aliphatic rings. The van der Waals surface area contributed by atoms with E-state index in [9.17, 15) is 4.79 Å². The molecule has 0 fully saturated rings. The van der Waals surface area contributed by atoms with Crippen LogP contribution in [0.15, 0.2) is 45.9 Å². The lowest BCUT2D eigenvalue weighted by Crippen LogP contribution is -2.08. The Morgan fingerprint density at radius 1 is 1.09 bits per heavy atom. The zero-order valence-electron chi connectivity index (χ0n) is 19.2. The summed E-state index contributed by atoms with van der Waals surface area (Å²) in [4.78, 5) is 16.7. The van der Waals surface area contributed by atoms with Crippen molar-refractivity contribution in [2.45, 2.75) is 13.8 Å². The molecule has 0 radical (unpaired) electrons. The maximum Gasteiger partial charge on any atom is 0.350 e. The third-order valence-corrected chi connectivity index (χ3v) is 6.58. The highest BCUT2D eigenvalue weighted by molar-refractivity contribution is 7.17. The van der Waals surface area contributed by atoms with E-state index in [1.165, 1.54) is 7.11 Å². The van der Waals surface area contributed by atoms with Crippen molar-refractivity contribution in [2.75, 3.05) is 26.8 Å². The summed E-state index contributed by atoms with van der Waals surface area (Å²) in [6, 6.07) is 11.0. The lowest BCUT2D eigenvalue weighted by atomic mass is 10.1. The molecule has 0 amide bonds. The van der Waals surface area contributed by atoms with E-state index in [1.807, 2.05) is 37.3 Å². The van der Waals surface area contributed by atoms with Crippen LogP contribution in [0.5, 0.6) is 11.5 Å². The van der Waals surface area contributed by atoms with Gasteiger partial charge in [-0.3, -0.25) is 5.43 Å². The largest absolute Gasteiger partial charge is 0.493 e. The van der Waals surface area contributed by atoms with Crippen LogP contribution in [-0.2, 0) is 4.74 Å². The van der Waals surface area contributed by atoms with Gasteiger partial charge in [-0.2, -0.15) is 5.10 Å². The van der Waals surface area contributed by atoms with Gasteiger partial charge >= 0.3 is 5.97 Å². The summed E-state index contributed by atoms with van der Waals surface area (Å²) < 4.78 is 21.8. The number of hydrogen-bond acceptors (Lipinski definition) is 9. The first-order valence-corrected chi connectivity index (χ1v) is 11.4. The van der Waals surface area contributed by atoms with Crippen molar-refractivity contribution in [1.29, 1.82) is 0 Å². The Morgan fingerprint density at radius 3 is 2.56 bits per heavy atom. The summed E-state index contributed by atoms with van der Waals surface area (Å²) in [5.41, 5.74) is 5.77. The number of carbonyl (C=O) groups is 1. The number of nitrogens with one attached hydrogen (secondary N) is 1. The van der Waals surface area contributed by atoms with Crippen molar-refractivity contribution >= 4 is 45.0 Å². The third kappa shape index (κ3) is 4.57. The molecule has 8 nitrogen and oxygen atoms in total. The second kappa shape index (κ2) is 9.74. The van der Waals surface area contributed by atoms with E-state index in [1.54, 1.807) is 27.2 Å². The second-order valence-corrected chi connectivity index (χ2v) is 8.72. The Morgan fingerprint density at radius 2 is 1.85 bits per heavy atom. The van der Waals surface area contributed by atoms with Gasteiger partial charge in [0.15, 0.2) is 11.5 Å². The normalized spacial score (nSPS) is 11.5. The van der Waals surface area contributed by atoms with Crippen LogP contribution in [-0.4, -0.2) is 32.3 Å². The second-order valence-electron chi connectivity index (χ2n) is 7.31. The van der Waals surface area contributed by atoms with Crippen molar-refractivity contribution < 1.29 is 23.4 Å². The molecule has 4 rings (SSSR count). The van der Waals surface area contributed by atoms with Crippen LogP contribution in [0.2, 0.25) is 5.02 Å². The van der Waals surface area contributed by atoms with Crippen LogP contribution in [0, 0.1) is 13.8 Å². The molecule has 10 heteroatoms. The number of aryl methyl sites for hydroxylation is 2. The zero-order chi connectivity index (χ0) is 24.4. The lowest BCUT2D eigenvalue weighted by Gasteiger charge is -2.10. The summed E-state index contributed by atoms with van der Waals surface area (Å²) in [6.07, 6.45) is 0. The van der Waals surface area contributed by atoms with Gasteiger partial charge in [0.1, 0.15) is 16.2 Å². The van der Waals surface area contributed by atoms with Crippen LogP contribution < -0.4 is 20.3 Å². The van der Waals surface area contributed by atoms with Crippen LogP contribution in [0.1, 0.15) is 20.9 Å². The average Bonchev–Trinajstić information content (AvgIpc) is 3.22. The molecule has 176 valence electrons. The Balaban J connectivity index is 1.85. The standard InChI is InChI=1S/C24H22ClN3O5S/c1-12-8-20-15(10-16(12)25)17(27-28-24-26-13(2)22(34-24)23(29)32-5)11-19(33-20)14-6-7-18(30-3)21(9-14)31-4/h6-11H,1-5H3,(H,26,28). The number of benzene rings is 2. The molecular formula is C24H22ClN3O5S. The number of nitrogens with zero attached hydrogens (tertiary/aromatic N) is 2. The van der Waals surface area contributed by atoms with Crippen molar-refractivity contribution in [1.82, 2.24) is 4.98 Å². The number of rotatable bonds is 6. The van der Waals surface area contributed by atoms with Gasteiger partial charge < -0.3 is 18.6 Å². The fourth-order valence-corrected chi connectivity index (χ4v) is 4.34. The van der Waals surface area contributed by atoms with E-state index in [0.717, 1.165) is 22.5 Å². The lowest BCUT2D eigenvalue weighted by molar-refractivity contribution is 0.0605. The molecule has 0 bridgehead atoms. The first-order valence-electron chi connectivity index (χ1n) is 10.2. The number of thiazole rings is 1. The Hall–Kier alpha value is -3.56. The monoisotopic (exact) mass is 499 g/mol. The maximum atomic E-state index is 11.9. The summed E-state index contributed by atoms with van der Waals surface area (Å²) >= 11 is 7.55. The summed E-state index contributed by atoms with van der Waals surface area (Å²) in [6.45, 7) is 3.64. The molecule has 0 spiro atoms. The average molecular weight is 500 g/mol. The minimum Gasteiger partial charge on any atom is -0.493 e. The molecule has 2 aromatic carbocycles. The van der Waals surface area contributed by atoms with Crippen molar-refractivity contribution in [3.63, 3.8) is 0 Å². The van der Waals surface area contributed by atoms with Crippen molar-refractivity contribution in [3.05, 3.63) is 62.9 Å². The van der Waals surface area contributed by atoms with Gasteiger partial charge in [0, 0.05) is 22.0 Å². The quantitative estimate of drug-likeness (QED) is 0.274. The van der Waals surface area contributed by atoms with E-state index in [2.05, 4.69) is 15.5 Å². The third-order valence-electron chi connectivity index (χ3n) is 5.13. The minimum atomic E-state index is -0.440. The molecule has 0 aliphatic carbocycles. The van der Waals surface area contributed by atoms with Crippen LogP contribution in [0.25, 0.3) is 22.3 Å². The van der Waals surface area contributed by atoms with E-state index in [4.69, 9.17) is 30.2 Å². The Kier molecular flexibility index (Phi) is 6.76. The topological polar surface area (TPSA) is 95.2 Å². The summed E-state index contributed by atoms with van der Waals surface area (Å²) in [5, 5.41) is 6.90. The van der Waals surface area contributed by atoms with E-state index in [0.29, 0.717) is 54.3 Å². The highest BCUT2D eigenvalue weighted by atomic mass is 35.5. The summed E-state index contributed by atoms with van der Waals surface area (Å²) in [5.74, 6) is 1.32. The smallest absolute Gasteiger partial charge is 0.350 e. The van der Waals surface area contributed by atoms with Gasteiger partial charge in [-0.1, -0.05) is 22.9 Å². The number of aromatic nitrogens is 1. The predicted molar refractivity (Wildman–Crippen MR) is 132 cm³/mol. The van der Waals surface area contributed by atoms with Gasteiger partial charge in [0.2, 0.25) is 5.13 Å². The number of esters is 1. The number of hydrogen-bond donors (Lipinski definition) is 1. The molecule has 0 aliphatic heterocycles. The molecule has 0 saturated heterocycles. The van der Waals surface area contributed by atoms with E-state index in [-0.39, 0.29) is 0 Å². The van der Waals surface area contributed by atoms with Crippen LogP contribution in [0.4, 0.5) is 5.13 Å². The molecule has 34 heavy (non-hydrogen) atoms. The molecule has 4 aromatic rings. The van der Waals surface area contributed by atoms with Gasteiger partial charge in [-0.25, -0.2) is 9.78 Å². The number of anilines is 1. The number of fused-ring (bicyclic) bond motifs is 1. The molecule has 2 aromatic heterocycles. The fraction of sp³-hybridized carbons (Fsp3) is 0.208. The van der Waals surface area contributed by atoms with Crippen molar-refractivity contribution in [3.8, 4) is 22.8 Å². The molecule has 0 unspecified atom stereocenters. The first kappa shape index (κ1) is 23.6. The van der Waals surface area contributed by atoms with E-state index >= 15 is 0 Å². The maximum absolute atomic E-state index is 11.9. The van der Waals surface area contributed by atoms with Crippen LogP contribution in [0.3, 0.4) is 0 Å². The number of ether oxygens (including phenoxy) is 3. The highest BCUT2D eigenvalue weighted by Gasteiger charge is 2.16. The fourth-order valence-electron chi connectivity index (χ4n) is 3.35. The minimum absolute atomic E-state index is 0.415. The molecule has 1 N–H and O–H groups in total. The van der Waals surface area contributed by atoms with Gasteiger partial charge in [-0.15, -0.1) is 0 Å². The molecule has 0 atom stereocenters. The zero-order valence-corrected chi connectivity index (χ0v) is 20.8. The number of methoxy groups -OCH3 is 3. The predicted octanol–water partition coefficient (Wildman–Crippen LogP) is 5.56. The number of halogens is 1. The summed E-state index contributed by atoms with van der Waals surface area (Å²) in [7, 11) is 4.49. The molecular weight excluding hydrogens is 478 g/mol. The van der Waals surface area contributed by atoms with Crippen LogP contribution >= 0.6 is 22.9 Å². The van der Waals surface area contributed by atoms with Gasteiger partial charge in [-0.05, 0) is 49.7 Å². The van der Waals surface area contributed by atoms with Gasteiger partial charge in [0.25, 0.3) is 0 Å². The van der Waals surface area contributed by atoms with Gasteiger partial charge in [0.05, 0.1) is 32.4 Å². The highest BCUT2D eigenvalue weighted by Crippen LogP contribution is 2.33. The van der Waals surface area contributed by atoms with Crippen molar-refractivity contribution in [2.24, 2.45) is 5.10 Å². The van der Waals surface area contributed by atoms with E-state index < -0.39 is 5.97 Å². The molecule has 2 heterocycles. The Bertz CT molecular complexity index is 1460. The Labute approximate surface area is 204 Å².